The fraction of sp³-hybridized carbons (Fsp3) is 0.0130. The van der Waals surface area contributed by atoms with Gasteiger partial charge in [0.15, 0.2) is 0 Å². The zero-order valence-electron chi connectivity index (χ0n) is 42.9. The molecule has 14 aromatic rings. The summed E-state index contributed by atoms with van der Waals surface area (Å²) in [6.07, 6.45) is 0. The standard InChI is InChI=1S/C77H51N/c1-3-21-64(22-4-1)77(65-23-5-2-6-24-65)75-28-12-11-27-73(75)74-46-43-68(51-76(74)77)78(66-39-33-52(34-40-66)56-17-13-19-58(47-56)60-37-44-71-62(49-60)31-29-54-15-7-9-25-69(54)71)67-41-35-53(36-42-67)57-18-14-20-59(48-57)61-38-45-72-63(50-61)32-30-55-16-8-10-26-70(55)72/h1-51H. The van der Waals surface area contributed by atoms with Crippen molar-refractivity contribution in [3.8, 4) is 55.6 Å². The summed E-state index contributed by atoms with van der Waals surface area (Å²) in [5.41, 5.74) is 19.8. The zero-order valence-corrected chi connectivity index (χ0v) is 42.9. The largest absolute Gasteiger partial charge is 0.310 e. The van der Waals surface area contributed by atoms with Crippen LogP contribution in [0.4, 0.5) is 17.1 Å². The van der Waals surface area contributed by atoms with Gasteiger partial charge in [0, 0.05) is 17.1 Å². The molecule has 0 fully saturated rings. The molecule has 0 unspecified atom stereocenters. The Bertz CT molecular complexity index is 4350. The second-order valence-corrected chi connectivity index (χ2v) is 20.8. The third kappa shape index (κ3) is 7.54. The van der Waals surface area contributed by atoms with E-state index >= 15 is 0 Å². The monoisotopic (exact) mass is 989 g/mol. The van der Waals surface area contributed by atoms with E-state index in [1.165, 1.54) is 121 Å². The fourth-order valence-electron chi connectivity index (χ4n) is 12.8. The summed E-state index contributed by atoms with van der Waals surface area (Å²) >= 11 is 0. The summed E-state index contributed by atoms with van der Waals surface area (Å²) in [4.78, 5) is 2.43. The normalized spacial score (nSPS) is 12.5. The van der Waals surface area contributed by atoms with Gasteiger partial charge in [-0.05, 0) is 182 Å². The van der Waals surface area contributed by atoms with Gasteiger partial charge in [0.1, 0.15) is 0 Å². The zero-order chi connectivity index (χ0) is 51.6. The Hall–Kier alpha value is -10.1. The first-order chi connectivity index (χ1) is 38.6. The van der Waals surface area contributed by atoms with E-state index in [1.807, 2.05) is 0 Å². The van der Waals surface area contributed by atoms with Crippen LogP contribution in [0.5, 0.6) is 0 Å². The lowest BCUT2D eigenvalue weighted by molar-refractivity contribution is 0.768. The van der Waals surface area contributed by atoms with Gasteiger partial charge in [0.25, 0.3) is 0 Å². The Morgan fingerprint density at radius 2 is 0.590 bits per heavy atom. The van der Waals surface area contributed by atoms with Crippen molar-refractivity contribution in [3.63, 3.8) is 0 Å². The Morgan fingerprint density at radius 3 is 1.12 bits per heavy atom. The molecule has 0 N–H and O–H groups in total. The van der Waals surface area contributed by atoms with Gasteiger partial charge in [-0.15, -0.1) is 0 Å². The van der Waals surface area contributed by atoms with Crippen LogP contribution in [0, 0.1) is 0 Å². The predicted octanol–water partition coefficient (Wildman–Crippen LogP) is 20.8. The molecule has 0 spiro atoms. The third-order valence-corrected chi connectivity index (χ3v) is 16.5. The van der Waals surface area contributed by atoms with Crippen LogP contribution in [-0.2, 0) is 5.41 Å². The molecule has 14 aromatic carbocycles. The van der Waals surface area contributed by atoms with Crippen molar-refractivity contribution in [2.75, 3.05) is 4.90 Å². The molecule has 0 atom stereocenters. The first-order valence-corrected chi connectivity index (χ1v) is 27.0. The van der Waals surface area contributed by atoms with E-state index in [1.54, 1.807) is 0 Å². The van der Waals surface area contributed by atoms with Crippen molar-refractivity contribution in [2.45, 2.75) is 5.41 Å². The number of rotatable bonds is 9. The number of anilines is 3. The number of hydrogen-bond donors (Lipinski definition) is 0. The van der Waals surface area contributed by atoms with E-state index in [9.17, 15) is 0 Å². The highest BCUT2D eigenvalue weighted by atomic mass is 15.1. The lowest BCUT2D eigenvalue weighted by Gasteiger charge is -2.35. The van der Waals surface area contributed by atoms with Crippen LogP contribution in [-0.4, -0.2) is 0 Å². The molecule has 15 rings (SSSR count). The summed E-state index contributed by atoms with van der Waals surface area (Å²) in [5.74, 6) is 0. The highest BCUT2D eigenvalue weighted by Crippen LogP contribution is 2.57. The van der Waals surface area contributed by atoms with Gasteiger partial charge in [0.2, 0.25) is 0 Å². The minimum absolute atomic E-state index is 0.530. The van der Waals surface area contributed by atoms with E-state index < -0.39 is 5.41 Å². The van der Waals surface area contributed by atoms with Gasteiger partial charge >= 0.3 is 0 Å². The quantitative estimate of drug-likeness (QED) is 0.130. The molecule has 0 saturated carbocycles. The van der Waals surface area contributed by atoms with Crippen LogP contribution < -0.4 is 4.90 Å². The molecule has 78 heavy (non-hydrogen) atoms. The van der Waals surface area contributed by atoms with Gasteiger partial charge in [-0.3, -0.25) is 0 Å². The number of fused-ring (bicyclic) bond motifs is 9. The fourth-order valence-corrected chi connectivity index (χ4v) is 12.8. The summed E-state index contributed by atoms with van der Waals surface area (Å²) in [6, 6.07) is 115. The maximum atomic E-state index is 2.46. The molecule has 0 radical (unpaired) electrons. The molecule has 1 nitrogen and oxygen atoms in total. The third-order valence-electron chi connectivity index (χ3n) is 16.5. The van der Waals surface area contributed by atoms with Gasteiger partial charge in [-0.2, -0.15) is 0 Å². The van der Waals surface area contributed by atoms with Crippen LogP contribution in [0.2, 0.25) is 0 Å². The van der Waals surface area contributed by atoms with E-state index in [0.29, 0.717) is 0 Å². The number of benzene rings is 14. The van der Waals surface area contributed by atoms with Crippen LogP contribution >= 0.6 is 0 Å². The Kier molecular flexibility index (Phi) is 10.8. The smallest absolute Gasteiger partial charge is 0.0714 e. The van der Waals surface area contributed by atoms with Gasteiger partial charge < -0.3 is 4.90 Å². The summed E-state index contributed by atoms with van der Waals surface area (Å²) in [5, 5.41) is 10.2. The van der Waals surface area contributed by atoms with Gasteiger partial charge in [-0.25, -0.2) is 0 Å². The summed E-state index contributed by atoms with van der Waals surface area (Å²) in [7, 11) is 0. The predicted molar refractivity (Wildman–Crippen MR) is 330 cm³/mol. The van der Waals surface area contributed by atoms with Crippen LogP contribution in [0.15, 0.2) is 309 Å². The van der Waals surface area contributed by atoms with Crippen molar-refractivity contribution in [1.29, 1.82) is 0 Å². The molecular weight excluding hydrogens is 939 g/mol. The average molecular weight is 990 g/mol. The molecule has 364 valence electrons. The van der Waals surface area contributed by atoms with E-state index in [0.717, 1.165) is 17.1 Å². The Balaban J connectivity index is 0.830. The average Bonchev–Trinajstić information content (AvgIpc) is 4.01. The molecular formula is C77H51N. The molecule has 1 aliphatic rings. The van der Waals surface area contributed by atoms with Crippen LogP contribution in [0.3, 0.4) is 0 Å². The first-order valence-electron chi connectivity index (χ1n) is 27.0. The minimum atomic E-state index is -0.530. The number of hydrogen-bond acceptors (Lipinski definition) is 1. The highest BCUT2D eigenvalue weighted by molar-refractivity contribution is 6.09. The SMILES string of the molecule is c1ccc(C2(c3ccccc3)c3ccccc3-c3ccc(N(c4ccc(-c5cccc(-c6ccc7c(ccc8ccccc87)c6)c5)cc4)c4ccc(-c5cccc(-c6ccc7c(ccc8ccccc87)c6)c5)cc4)cc32)cc1. The van der Waals surface area contributed by atoms with E-state index in [2.05, 4.69) is 314 Å². The topological polar surface area (TPSA) is 3.24 Å². The maximum absolute atomic E-state index is 2.46. The van der Waals surface area contributed by atoms with Gasteiger partial charge in [0.05, 0.1) is 5.41 Å². The Morgan fingerprint density at radius 1 is 0.205 bits per heavy atom. The van der Waals surface area contributed by atoms with Crippen molar-refractivity contribution >= 4 is 60.2 Å². The molecule has 0 heterocycles. The lowest BCUT2D eigenvalue weighted by atomic mass is 9.67. The lowest BCUT2D eigenvalue weighted by Crippen LogP contribution is -2.28. The molecule has 0 aromatic heterocycles. The summed E-state index contributed by atoms with van der Waals surface area (Å²) in [6.45, 7) is 0. The van der Waals surface area contributed by atoms with Crippen LogP contribution in [0.1, 0.15) is 22.3 Å². The van der Waals surface area contributed by atoms with E-state index in [-0.39, 0.29) is 0 Å². The number of nitrogens with zero attached hydrogens (tertiary/aromatic N) is 1. The molecule has 1 aliphatic carbocycles. The van der Waals surface area contributed by atoms with Crippen molar-refractivity contribution in [2.24, 2.45) is 0 Å². The van der Waals surface area contributed by atoms with Crippen LogP contribution in [0.25, 0.3) is 98.7 Å². The van der Waals surface area contributed by atoms with Gasteiger partial charge in [-0.1, -0.05) is 249 Å². The summed E-state index contributed by atoms with van der Waals surface area (Å²) < 4.78 is 0. The van der Waals surface area contributed by atoms with E-state index in [4.69, 9.17) is 0 Å². The molecule has 0 aliphatic heterocycles. The molecule has 0 saturated heterocycles. The molecule has 0 bridgehead atoms. The van der Waals surface area contributed by atoms with Crippen molar-refractivity contribution in [3.05, 3.63) is 332 Å². The maximum Gasteiger partial charge on any atom is 0.0714 e. The second-order valence-electron chi connectivity index (χ2n) is 20.8. The molecule has 0 amide bonds. The highest BCUT2D eigenvalue weighted by Gasteiger charge is 2.46. The first kappa shape index (κ1) is 45.3. The van der Waals surface area contributed by atoms with Crippen molar-refractivity contribution < 1.29 is 0 Å². The minimum Gasteiger partial charge on any atom is -0.310 e. The van der Waals surface area contributed by atoms with Crippen molar-refractivity contribution in [1.82, 2.24) is 0 Å². The molecule has 1 heteroatoms. The Labute approximate surface area is 455 Å². The second kappa shape index (κ2) is 18.6.